The molecule has 1 atom stereocenters. The second-order valence-corrected chi connectivity index (χ2v) is 4.42. The van der Waals surface area contributed by atoms with Crippen LogP contribution in [-0.2, 0) is 0 Å². The monoisotopic (exact) mass is 268 g/mol. The number of nitrogen functional groups attached to an aromatic ring is 1. The Balaban J connectivity index is 3.02. The molecule has 0 aliphatic carbocycles. The SMILES string of the molecule is CCCCC(C)Nc1nc(NN)nc(C)c1[N+](=O)[O-]. The molecule has 8 nitrogen and oxygen atoms in total. The van der Waals surface area contributed by atoms with Crippen LogP contribution in [0.1, 0.15) is 38.8 Å². The van der Waals surface area contributed by atoms with Crippen LogP contribution in [0.5, 0.6) is 0 Å². The zero-order valence-corrected chi connectivity index (χ0v) is 11.4. The molecule has 8 heteroatoms. The smallest absolute Gasteiger partial charge is 0.332 e. The topological polar surface area (TPSA) is 119 Å². The van der Waals surface area contributed by atoms with Gasteiger partial charge in [0.05, 0.1) is 4.92 Å². The van der Waals surface area contributed by atoms with Gasteiger partial charge in [0.25, 0.3) is 0 Å². The van der Waals surface area contributed by atoms with Crippen molar-refractivity contribution < 1.29 is 4.92 Å². The predicted octanol–water partition coefficient (Wildman–Crippen LogP) is 1.97. The minimum absolute atomic E-state index is 0.0959. The highest BCUT2D eigenvalue weighted by molar-refractivity contribution is 5.61. The third kappa shape index (κ3) is 4.02. The first-order valence-corrected chi connectivity index (χ1v) is 6.25. The molecule has 1 unspecified atom stereocenters. The normalized spacial score (nSPS) is 12.0. The van der Waals surface area contributed by atoms with Crippen LogP contribution in [0.25, 0.3) is 0 Å². The Kier molecular flexibility index (Phi) is 5.43. The molecule has 1 heterocycles. The molecule has 0 radical (unpaired) electrons. The summed E-state index contributed by atoms with van der Waals surface area (Å²) in [5, 5.41) is 14.1. The Morgan fingerprint density at radius 2 is 2.16 bits per heavy atom. The van der Waals surface area contributed by atoms with Gasteiger partial charge in [-0.1, -0.05) is 19.8 Å². The molecular formula is C11H20N6O2. The molecule has 1 rings (SSSR count). The number of hydrazine groups is 1. The molecule has 0 aliphatic heterocycles. The summed E-state index contributed by atoms with van der Waals surface area (Å²) < 4.78 is 0. The molecule has 0 fully saturated rings. The first-order chi connectivity index (χ1) is 8.99. The van der Waals surface area contributed by atoms with E-state index in [9.17, 15) is 10.1 Å². The molecule has 1 aromatic heterocycles. The van der Waals surface area contributed by atoms with E-state index < -0.39 is 4.92 Å². The Morgan fingerprint density at radius 3 is 2.68 bits per heavy atom. The third-order valence-corrected chi connectivity index (χ3v) is 2.74. The fourth-order valence-corrected chi connectivity index (χ4v) is 1.77. The molecule has 0 amide bonds. The van der Waals surface area contributed by atoms with Crippen LogP contribution in [-0.4, -0.2) is 20.9 Å². The molecular weight excluding hydrogens is 248 g/mol. The number of unbranched alkanes of at least 4 members (excludes halogenated alkanes) is 1. The lowest BCUT2D eigenvalue weighted by molar-refractivity contribution is -0.385. The number of nitrogens with one attached hydrogen (secondary N) is 2. The van der Waals surface area contributed by atoms with Crippen molar-refractivity contribution in [3.63, 3.8) is 0 Å². The summed E-state index contributed by atoms with van der Waals surface area (Å²) in [6.07, 6.45) is 3.04. The van der Waals surface area contributed by atoms with Crippen LogP contribution in [0.3, 0.4) is 0 Å². The molecule has 1 aromatic rings. The first-order valence-electron chi connectivity index (χ1n) is 6.25. The van der Waals surface area contributed by atoms with Crippen LogP contribution in [0.2, 0.25) is 0 Å². The van der Waals surface area contributed by atoms with Gasteiger partial charge in [-0.2, -0.15) is 4.98 Å². The van der Waals surface area contributed by atoms with E-state index in [1.807, 2.05) is 6.92 Å². The predicted molar refractivity (Wildman–Crippen MR) is 73.8 cm³/mol. The number of nitro groups is 1. The summed E-state index contributed by atoms with van der Waals surface area (Å²) in [7, 11) is 0. The highest BCUT2D eigenvalue weighted by atomic mass is 16.6. The van der Waals surface area contributed by atoms with Crippen molar-refractivity contribution in [3.8, 4) is 0 Å². The van der Waals surface area contributed by atoms with Crippen LogP contribution in [0.4, 0.5) is 17.5 Å². The maximum atomic E-state index is 11.1. The molecule has 106 valence electrons. The van der Waals surface area contributed by atoms with Crippen LogP contribution in [0, 0.1) is 17.0 Å². The molecule has 0 aliphatic rings. The Bertz CT molecular complexity index is 451. The molecule has 0 bridgehead atoms. The van der Waals surface area contributed by atoms with E-state index in [0.717, 1.165) is 19.3 Å². The van der Waals surface area contributed by atoms with Crippen molar-refractivity contribution in [2.45, 2.75) is 46.1 Å². The van der Waals surface area contributed by atoms with Gasteiger partial charge in [-0.05, 0) is 20.3 Å². The van der Waals surface area contributed by atoms with Gasteiger partial charge >= 0.3 is 5.69 Å². The number of nitrogens with two attached hydrogens (primary N) is 1. The summed E-state index contributed by atoms with van der Waals surface area (Å²) in [5.41, 5.74) is 2.47. The Hall–Kier alpha value is -1.96. The first kappa shape index (κ1) is 15.1. The fraction of sp³-hybridized carbons (Fsp3) is 0.636. The van der Waals surface area contributed by atoms with Crippen molar-refractivity contribution in [2.24, 2.45) is 5.84 Å². The van der Waals surface area contributed by atoms with Crippen molar-refractivity contribution in [1.29, 1.82) is 0 Å². The highest BCUT2D eigenvalue weighted by Gasteiger charge is 2.22. The van der Waals surface area contributed by atoms with Crippen LogP contribution >= 0.6 is 0 Å². The summed E-state index contributed by atoms with van der Waals surface area (Å²) >= 11 is 0. The number of rotatable bonds is 7. The zero-order valence-electron chi connectivity index (χ0n) is 11.4. The molecule has 0 saturated heterocycles. The lowest BCUT2D eigenvalue weighted by Gasteiger charge is -2.15. The van der Waals surface area contributed by atoms with E-state index in [1.54, 1.807) is 6.92 Å². The van der Waals surface area contributed by atoms with Gasteiger partial charge in [-0.15, -0.1) is 0 Å². The molecule has 0 spiro atoms. The number of hydrogen-bond acceptors (Lipinski definition) is 7. The van der Waals surface area contributed by atoms with E-state index in [2.05, 4.69) is 27.6 Å². The van der Waals surface area contributed by atoms with Gasteiger partial charge in [0.15, 0.2) is 0 Å². The quantitative estimate of drug-likeness (QED) is 0.393. The van der Waals surface area contributed by atoms with Gasteiger partial charge < -0.3 is 5.32 Å². The number of anilines is 2. The van der Waals surface area contributed by atoms with Gasteiger partial charge in [-0.3, -0.25) is 15.5 Å². The van der Waals surface area contributed by atoms with Gasteiger partial charge in [-0.25, -0.2) is 10.8 Å². The molecule has 19 heavy (non-hydrogen) atoms. The van der Waals surface area contributed by atoms with E-state index in [1.165, 1.54) is 0 Å². The van der Waals surface area contributed by atoms with E-state index >= 15 is 0 Å². The lowest BCUT2D eigenvalue weighted by atomic mass is 10.1. The fourth-order valence-electron chi connectivity index (χ4n) is 1.77. The standard InChI is InChI=1S/C11H20N6O2/c1-4-5-6-7(2)13-10-9(17(18)19)8(3)14-11(15-10)16-12/h7H,4-6,12H2,1-3H3,(H2,13,14,15,16). The summed E-state index contributed by atoms with van der Waals surface area (Å²) in [6.45, 7) is 5.62. The second kappa shape index (κ2) is 6.83. The average Bonchev–Trinajstić information content (AvgIpc) is 2.35. The van der Waals surface area contributed by atoms with Gasteiger partial charge in [0.1, 0.15) is 5.69 Å². The lowest BCUT2D eigenvalue weighted by Crippen LogP contribution is -2.19. The molecule has 4 N–H and O–H groups in total. The van der Waals surface area contributed by atoms with Gasteiger partial charge in [0, 0.05) is 6.04 Å². The van der Waals surface area contributed by atoms with Crippen molar-refractivity contribution in [3.05, 3.63) is 15.8 Å². The highest BCUT2D eigenvalue weighted by Crippen LogP contribution is 2.27. The number of hydrogen-bond donors (Lipinski definition) is 3. The Labute approximate surface area is 111 Å². The van der Waals surface area contributed by atoms with E-state index in [0.29, 0.717) is 0 Å². The summed E-state index contributed by atoms with van der Waals surface area (Å²) in [6, 6.07) is 0.0959. The zero-order chi connectivity index (χ0) is 14.4. The largest absolute Gasteiger partial charge is 0.362 e. The summed E-state index contributed by atoms with van der Waals surface area (Å²) in [4.78, 5) is 18.5. The van der Waals surface area contributed by atoms with Crippen molar-refractivity contribution in [1.82, 2.24) is 9.97 Å². The van der Waals surface area contributed by atoms with E-state index in [4.69, 9.17) is 5.84 Å². The minimum Gasteiger partial charge on any atom is -0.362 e. The van der Waals surface area contributed by atoms with Crippen LogP contribution < -0.4 is 16.6 Å². The van der Waals surface area contributed by atoms with Crippen molar-refractivity contribution >= 4 is 17.5 Å². The maximum absolute atomic E-state index is 11.1. The molecule has 0 saturated carbocycles. The minimum atomic E-state index is -0.482. The second-order valence-electron chi connectivity index (χ2n) is 4.42. The number of aromatic nitrogens is 2. The Morgan fingerprint density at radius 1 is 1.47 bits per heavy atom. The maximum Gasteiger partial charge on any atom is 0.332 e. The van der Waals surface area contributed by atoms with Crippen LogP contribution in [0.15, 0.2) is 0 Å². The number of aryl methyl sites for hydroxylation is 1. The van der Waals surface area contributed by atoms with E-state index in [-0.39, 0.29) is 29.2 Å². The average molecular weight is 268 g/mol. The summed E-state index contributed by atoms with van der Waals surface area (Å²) in [5.74, 6) is 5.62. The number of nitrogens with zero attached hydrogens (tertiary/aromatic N) is 3. The van der Waals surface area contributed by atoms with Crippen molar-refractivity contribution in [2.75, 3.05) is 10.7 Å². The third-order valence-electron chi connectivity index (χ3n) is 2.74. The van der Waals surface area contributed by atoms with Gasteiger partial charge in [0.2, 0.25) is 11.8 Å². The molecule has 0 aromatic carbocycles.